The Morgan fingerprint density at radius 2 is 2.05 bits per heavy atom. The number of aliphatic hydroxyl groups is 1. The summed E-state index contributed by atoms with van der Waals surface area (Å²) in [7, 11) is 0. The molecule has 0 heterocycles. The van der Waals surface area contributed by atoms with Crippen LogP contribution in [0.5, 0.6) is 5.75 Å². The zero-order chi connectivity index (χ0) is 15.5. The highest BCUT2D eigenvalue weighted by Gasteiger charge is 2.46. The molecule has 21 heavy (non-hydrogen) atoms. The molecule has 1 aliphatic rings. The van der Waals surface area contributed by atoms with Crippen molar-refractivity contribution in [1.29, 1.82) is 0 Å². The van der Waals surface area contributed by atoms with Crippen LogP contribution in [-0.4, -0.2) is 40.3 Å². The fourth-order valence-corrected chi connectivity index (χ4v) is 2.20. The van der Waals surface area contributed by atoms with Crippen LogP contribution in [0.15, 0.2) is 24.3 Å². The Bertz CT molecular complexity index is 539. The van der Waals surface area contributed by atoms with Gasteiger partial charge in [0.25, 0.3) is 5.91 Å². The van der Waals surface area contributed by atoms with E-state index >= 15 is 0 Å². The van der Waals surface area contributed by atoms with Crippen LogP contribution in [0.1, 0.15) is 24.8 Å². The quantitative estimate of drug-likeness (QED) is 0.723. The van der Waals surface area contributed by atoms with Crippen LogP contribution >= 0.6 is 0 Å². The van der Waals surface area contributed by atoms with Crippen molar-refractivity contribution in [1.82, 2.24) is 5.32 Å². The molecule has 6 nitrogen and oxygen atoms in total. The summed E-state index contributed by atoms with van der Waals surface area (Å²) in [5.74, 6) is -1.19. The van der Waals surface area contributed by atoms with Crippen molar-refractivity contribution in [3.63, 3.8) is 0 Å². The number of para-hydroxylation sites is 1. The number of hydrogen-bond donors (Lipinski definition) is 3. The average molecular weight is 293 g/mol. The number of carboxylic acid groups (broad SMARTS) is 1. The molecule has 0 bridgehead atoms. The van der Waals surface area contributed by atoms with Gasteiger partial charge in [-0.05, 0) is 37.8 Å². The van der Waals surface area contributed by atoms with E-state index in [4.69, 9.17) is 9.84 Å². The maximum absolute atomic E-state index is 11.9. The number of benzene rings is 1. The second-order valence-corrected chi connectivity index (χ2v) is 5.32. The number of aliphatic carboxylic acids is 1. The van der Waals surface area contributed by atoms with Gasteiger partial charge in [-0.2, -0.15) is 0 Å². The van der Waals surface area contributed by atoms with E-state index in [1.807, 2.05) is 19.1 Å². The second kappa shape index (κ2) is 6.13. The molecular weight excluding hydrogens is 274 g/mol. The lowest BCUT2D eigenvalue weighted by molar-refractivity contribution is -0.153. The van der Waals surface area contributed by atoms with Crippen LogP contribution in [0, 0.1) is 6.92 Å². The van der Waals surface area contributed by atoms with Gasteiger partial charge in [0.05, 0.1) is 0 Å². The summed E-state index contributed by atoms with van der Waals surface area (Å²) in [5, 5.41) is 21.3. The van der Waals surface area contributed by atoms with E-state index in [1.165, 1.54) is 0 Å². The molecule has 2 rings (SSSR count). The van der Waals surface area contributed by atoms with Gasteiger partial charge in [-0.15, -0.1) is 0 Å². The van der Waals surface area contributed by atoms with Gasteiger partial charge in [-0.1, -0.05) is 18.2 Å². The molecule has 0 aliphatic heterocycles. The number of carbonyl (C=O) groups excluding carboxylic acids is 1. The maximum atomic E-state index is 11.9. The minimum absolute atomic E-state index is 0.216. The number of carbonyl (C=O) groups is 2. The molecule has 114 valence electrons. The Morgan fingerprint density at radius 3 is 2.57 bits per heavy atom. The number of aryl methyl sites for hydroxylation is 1. The molecule has 1 aromatic rings. The summed E-state index contributed by atoms with van der Waals surface area (Å²) in [6, 6.07) is 7.25. The van der Waals surface area contributed by atoms with Crippen LogP contribution in [0.4, 0.5) is 0 Å². The van der Waals surface area contributed by atoms with Crippen molar-refractivity contribution in [2.75, 3.05) is 6.61 Å². The third-order valence-corrected chi connectivity index (χ3v) is 3.77. The molecule has 0 aromatic heterocycles. The maximum Gasteiger partial charge on any atom is 0.329 e. The van der Waals surface area contributed by atoms with E-state index in [-0.39, 0.29) is 6.61 Å². The fraction of sp³-hybridized carbons (Fsp3) is 0.467. The Hall–Kier alpha value is -2.08. The van der Waals surface area contributed by atoms with Crippen LogP contribution in [0.25, 0.3) is 0 Å². The molecule has 0 saturated heterocycles. The summed E-state index contributed by atoms with van der Waals surface area (Å²) in [6.45, 7) is 1.64. The molecule has 1 aliphatic carbocycles. The molecule has 3 N–H and O–H groups in total. The Balaban J connectivity index is 1.88. The zero-order valence-corrected chi connectivity index (χ0v) is 11.8. The van der Waals surface area contributed by atoms with Gasteiger partial charge in [0.1, 0.15) is 17.9 Å². The highest BCUT2D eigenvalue weighted by atomic mass is 16.5. The SMILES string of the molecule is Cc1ccccc1OC[C@H](O)C(=O)NC1(C(=O)O)CCC1. The van der Waals surface area contributed by atoms with Gasteiger partial charge in [0.2, 0.25) is 0 Å². The lowest BCUT2D eigenvalue weighted by Gasteiger charge is -2.38. The number of nitrogens with one attached hydrogen (secondary N) is 1. The van der Waals surface area contributed by atoms with Crippen molar-refractivity contribution in [3.8, 4) is 5.75 Å². The minimum Gasteiger partial charge on any atom is -0.490 e. The number of ether oxygens (including phenoxy) is 1. The third kappa shape index (κ3) is 3.33. The van der Waals surface area contributed by atoms with E-state index in [9.17, 15) is 14.7 Å². The van der Waals surface area contributed by atoms with Crippen molar-refractivity contribution in [3.05, 3.63) is 29.8 Å². The Labute approximate surface area is 122 Å². The number of aliphatic hydroxyl groups excluding tert-OH is 1. The molecular formula is C15H19NO5. The number of carboxylic acids is 1. The first-order chi connectivity index (χ1) is 9.94. The fourth-order valence-electron chi connectivity index (χ4n) is 2.20. The molecule has 1 saturated carbocycles. The third-order valence-electron chi connectivity index (χ3n) is 3.77. The Kier molecular flexibility index (Phi) is 4.47. The molecule has 1 amide bonds. The van der Waals surface area contributed by atoms with Crippen molar-refractivity contribution in [2.24, 2.45) is 0 Å². The van der Waals surface area contributed by atoms with Gasteiger partial charge < -0.3 is 20.3 Å². The van der Waals surface area contributed by atoms with E-state index in [1.54, 1.807) is 12.1 Å². The predicted molar refractivity (Wildman–Crippen MR) is 75.0 cm³/mol. The summed E-state index contributed by atoms with van der Waals surface area (Å²) in [4.78, 5) is 23.0. The smallest absolute Gasteiger partial charge is 0.329 e. The highest BCUT2D eigenvalue weighted by molar-refractivity contribution is 5.89. The molecule has 0 unspecified atom stereocenters. The van der Waals surface area contributed by atoms with Crippen LogP contribution in [-0.2, 0) is 9.59 Å². The number of rotatable bonds is 6. The second-order valence-electron chi connectivity index (χ2n) is 5.32. The molecule has 0 radical (unpaired) electrons. The molecule has 1 aromatic carbocycles. The predicted octanol–water partition coefficient (Wildman–Crippen LogP) is 0.858. The number of amides is 1. The summed E-state index contributed by atoms with van der Waals surface area (Å²) in [5.41, 5.74) is -0.327. The van der Waals surface area contributed by atoms with Crippen molar-refractivity contribution < 1.29 is 24.5 Å². The standard InChI is InChI=1S/C15H19NO5/c1-10-5-2-3-6-12(10)21-9-11(17)13(18)16-15(14(19)20)7-4-8-15/h2-3,5-6,11,17H,4,7-9H2,1H3,(H,16,18)(H,19,20)/t11-/m0/s1. The largest absolute Gasteiger partial charge is 0.490 e. The number of hydrogen-bond acceptors (Lipinski definition) is 4. The van der Waals surface area contributed by atoms with Gasteiger partial charge in [-0.25, -0.2) is 4.79 Å². The normalized spacial score (nSPS) is 17.4. The van der Waals surface area contributed by atoms with Gasteiger partial charge in [0, 0.05) is 0 Å². The molecule has 1 atom stereocenters. The van der Waals surface area contributed by atoms with Crippen LogP contribution in [0.3, 0.4) is 0 Å². The topological polar surface area (TPSA) is 95.9 Å². The zero-order valence-electron chi connectivity index (χ0n) is 11.8. The van der Waals surface area contributed by atoms with E-state index in [2.05, 4.69) is 5.32 Å². The van der Waals surface area contributed by atoms with E-state index in [0.717, 1.165) is 12.0 Å². The monoisotopic (exact) mass is 293 g/mol. The van der Waals surface area contributed by atoms with Crippen LogP contribution in [0.2, 0.25) is 0 Å². The summed E-state index contributed by atoms with van der Waals surface area (Å²) in [6.07, 6.45) is 0.128. The summed E-state index contributed by atoms with van der Waals surface area (Å²) < 4.78 is 5.39. The molecule has 1 fully saturated rings. The lowest BCUT2D eigenvalue weighted by atomic mass is 9.76. The summed E-state index contributed by atoms with van der Waals surface area (Å²) >= 11 is 0. The molecule has 0 spiro atoms. The van der Waals surface area contributed by atoms with E-state index < -0.39 is 23.5 Å². The average Bonchev–Trinajstić information content (AvgIpc) is 2.40. The first kappa shape index (κ1) is 15.3. The van der Waals surface area contributed by atoms with Gasteiger partial charge in [-0.3, -0.25) is 4.79 Å². The minimum atomic E-state index is -1.40. The van der Waals surface area contributed by atoms with Crippen LogP contribution < -0.4 is 10.1 Å². The lowest BCUT2D eigenvalue weighted by Crippen LogP contribution is -2.61. The van der Waals surface area contributed by atoms with Crippen molar-refractivity contribution >= 4 is 11.9 Å². The first-order valence-electron chi connectivity index (χ1n) is 6.86. The van der Waals surface area contributed by atoms with Crippen molar-refractivity contribution in [2.45, 2.75) is 37.8 Å². The highest BCUT2D eigenvalue weighted by Crippen LogP contribution is 2.32. The van der Waals surface area contributed by atoms with E-state index in [0.29, 0.717) is 18.6 Å². The van der Waals surface area contributed by atoms with Gasteiger partial charge in [0.15, 0.2) is 6.10 Å². The molecule has 6 heteroatoms. The Morgan fingerprint density at radius 1 is 1.38 bits per heavy atom. The first-order valence-corrected chi connectivity index (χ1v) is 6.86. The van der Waals surface area contributed by atoms with Gasteiger partial charge >= 0.3 is 5.97 Å².